The van der Waals surface area contributed by atoms with Crippen molar-refractivity contribution in [2.24, 2.45) is 11.8 Å². The van der Waals surface area contributed by atoms with E-state index < -0.39 is 24.0 Å². The molecule has 2 N–H and O–H groups in total. The SMILES string of the molecule is CC(C)C(CC(=O)C(Cc1ccccc1)NC(=O)c1ccccc1)C(=O)N1CCC[C@H]1C(=O)O. The maximum Gasteiger partial charge on any atom is 0.326 e. The molecule has 3 atom stereocenters. The van der Waals surface area contributed by atoms with Crippen LogP contribution in [0.25, 0.3) is 0 Å². The van der Waals surface area contributed by atoms with Gasteiger partial charge in [-0.1, -0.05) is 62.4 Å². The summed E-state index contributed by atoms with van der Waals surface area (Å²) >= 11 is 0. The lowest BCUT2D eigenvalue weighted by Gasteiger charge is -2.29. The highest BCUT2D eigenvalue weighted by Crippen LogP contribution is 2.26. The summed E-state index contributed by atoms with van der Waals surface area (Å²) < 4.78 is 0. The Morgan fingerprint density at radius 1 is 1.00 bits per heavy atom. The van der Waals surface area contributed by atoms with Gasteiger partial charge in [-0.2, -0.15) is 0 Å². The zero-order valence-corrected chi connectivity index (χ0v) is 19.6. The number of rotatable bonds is 10. The zero-order valence-electron chi connectivity index (χ0n) is 19.6. The predicted octanol–water partition coefficient (Wildman–Crippen LogP) is 3.33. The van der Waals surface area contributed by atoms with Gasteiger partial charge >= 0.3 is 5.97 Å². The Hall–Kier alpha value is -3.48. The van der Waals surface area contributed by atoms with Gasteiger partial charge in [0, 0.05) is 24.4 Å². The van der Waals surface area contributed by atoms with Gasteiger partial charge in [0.1, 0.15) is 6.04 Å². The molecule has 2 amide bonds. The average molecular weight is 465 g/mol. The van der Waals surface area contributed by atoms with Gasteiger partial charge in [0.15, 0.2) is 5.78 Å². The van der Waals surface area contributed by atoms with Crippen LogP contribution < -0.4 is 5.32 Å². The van der Waals surface area contributed by atoms with E-state index in [-0.39, 0.29) is 29.9 Å². The first-order valence-corrected chi connectivity index (χ1v) is 11.7. The van der Waals surface area contributed by atoms with Crippen molar-refractivity contribution in [3.63, 3.8) is 0 Å². The minimum atomic E-state index is -1.02. The fourth-order valence-electron chi connectivity index (χ4n) is 4.39. The van der Waals surface area contributed by atoms with Gasteiger partial charge < -0.3 is 15.3 Å². The maximum absolute atomic E-state index is 13.5. The van der Waals surface area contributed by atoms with E-state index in [1.54, 1.807) is 24.3 Å². The quantitative estimate of drug-likeness (QED) is 0.561. The monoisotopic (exact) mass is 464 g/mol. The van der Waals surface area contributed by atoms with Crippen LogP contribution in [0, 0.1) is 11.8 Å². The number of carboxylic acid groups (broad SMARTS) is 1. The van der Waals surface area contributed by atoms with Gasteiger partial charge in [-0.05, 0) is 42.9 Å². The smallest absolute Gasteiger partial charge is 0.326 e. The molecule has 2 unspecified atom stereocenters. The van der Waals surface area contributed by atoms with Gasteiger partial charge in [-0.25, -0.2) is 4.79 Å². The van der Waals surface area contributed by atoms with Gasteiger partial charge in [-0.3, -0.25) is 14.4 Å². The number of likely N-dealkylation sites (tertiary alicyclic amines) is 1. The second kappa shape index (κ2) is 11.6. The Bertz CT molecular complexity index is 1010. The topological polar surface area (TPSA) is 104 Å². The van der Waals surface area contributed by atoms with E-state index in [0.29, 0.717) is 31.4 Å². The second-order valence-corrected chi connectivity index (χ2v) is 9.13. The summed E-state index contributed by atoms with van der Waals surface area (Å²) in [6.45, 7) is 4.10. The molecule has 3 rings (SSSR count). The van der Waals surface area contributed by atoms with E-state index in [4.69, 9.17) is 0 Å². The lowest BCUT2D eigenvalue weighted by Crippen LogP contribution is -2.47. The molecule has 1 heterocycles. The molecule has 7 heteroatoms. The van der Waals surface area contributed by atoms with Crippen molar-refractivity contribution in [1.82, 2.24) is 10.2 Å². The van der Waals surface area contributed by atoms with Crippen LogP contribution in [0.15, 0.2) is 60.7 Å². The van der Waals surface area contributed by atoms with Crippen LogP contribution in [-0.2, 0) is 20.8 Å². The molecule has 0 aliphatic carbocycles. The van der Waals surface area contributed by atoms with Crippen molar-refractivity contribution in [1.29, 1.82) is 0 Å². The van der Waals surface area contributed by atoms with Crippen LogP contribution >= 0.6 is 0 Å². The van der Waals surface area contributed by atoms with Crippen molar-refractivity contribution in [3.8, 4) is 0 Å². The summed E-state index contributed by atoms with van der Waals surface area (Å²) in [5.41, 5.74) is 1.35. The summed E-state index contributed by atoms with van der Waals surface area (Å²) in [7, 11) is 0. The van der Waals surface area contributed by atoms with E-state index in [9.17, 15) is 24.3 Å². The molecular formula is C27H32N2O5. The highest BCUT2D eigenvalue weighted by molar-refractivity contribution is 5.99. The van der Waals surface area contributed by atoms with Crippen molar-refractivity contribution >= 4 is 23.6 Å². The summed E-state index contributed by atoms with van der Waals surface area (Å²) in [6.07, 6.45) is 1.29. The number of nitrogens with one attached hydrogen (secondary N) is 1. The highest BCUT2D eigenvalue weighted by Gasteiger charge is 2.39. The van der Waals surface area contributed by atoms with Gasteiger partial charge in [-0.15, -0.1) is 0 Å². The molecule has 180 valence electrons. The van der Waals surface area contributed by atoms with Gasteiger partial charge in [0.05, 0.1) is 6.04 Å². The van der Waals surface area contributed by atoms with Crippen LogP contribution in [0.3, 0.4) is 0 Å². The van der Waals surface area contributed by atoms with Crippen LogP contribution in [-0.4, -0.2) is 52.2 Å². The second-order valence-electron chi connectivity index (χ2n) is 9.13. The van der Waals surface area contributed by atoms with Crippen molar-refractivity contribution < 1.29 is 24.3 Å². The third kappa shape index (κ3) is 6.31. The summed E-state index contributed by atoms with van der Waals surface area (Å²) in [4.78, 5) is 52.6. The standard InChI is InChI=1S/C27H32N2O5/c1-18(2)21(26(32)29-15-9-14-23(29)27(33)34)17-24(30)22(16-19-10-5-3-6-11-19)28-25(31)20-12-7-4-8-13-20/h3-8,10-13,18,21-23H,9,14-17H2,1-2H3,(H,28,31)(H,33,34)/t21?,22?,23-/m0/s1. The maximum atomic E-state index is 13.5. The molecule has 2 aromatic carbocycles. The average Bonchev–Trinajstić information content (AvgIpc) is 3.33. The fourth-order valence-corrected chi connectivity index (χ4v) is 4.39. The number of benzene rings is 2. The van der Waals surface area contributed by atoms with Gasteiger partial charge in [0.25, 0.3) is 5.91 Å². The molecule has 2 aromatic rings. The lowest BCUT2D eigenvalue weighted by atomic mass is 9.86. The number of hydrogen-bond acceptors (Lipinski definition) is 4. The molecule has 34 heavy (non-hydrogen) atoms. The van der Waals surface area contributed by atoms with Crippen LogP contribution in [0.1, 0.15) is 49.0 Å². The van der Waals surface area contributed by atoms with E-state index in [1.165, 1.54) is 4.90 Å². The third-order valence-corrected chi connectivity index (χ3v) is 6.38. The number of carbonyl (C=O) groups excluding carboxylic acids is 3. The molecule has 1 fully saturated rings. The fraction of sp³-hybridized carbons (Fsp3) is 0.407. The minimum Gasteiger partial charge on any atom is -0.480 e. The summed E-state index contributed by atoms with van der Waals surface area (Å²) in [5.74, 6) is -2.73. The largest absolute Gasteiger partial charge is 0.480 e. The molecule has 0 radical (unpaired) electrons. The third-order valence-electron chi connectivity index (χ3n) is 6.38. The Labute approximate surface area is 200 Å². The number of carboxylic acids is 1. The Balaban J connectivity index is 1.79. The van der Waals surface area contributed by atoms with Crippen LogP contribution in [0.5, 0.6) is 0 Å². The molecular weight excluding hydrogens is 432 g/mol. The van der Waals surface area contributed by atoms with E-state index in [0.717, 1.165) is 5.56 Å². The Morgan fingerprint density at radius 3 is 2.21 bits per heavy atom. The number of hydrogen-bond donors (Lipinski definition) is 2. The molecule has 1 saturated heterocycles. The molecule has 7 nitrogen and oxygen atoms in total. The van der Waals surface area contributed by atoms with E-state index in [2.05, 4.69) is 5.32 Å². The van der Waals surface area contributed by atoms with Crippen molar-refractivity contribution in [2.45, 2.75) is 51.6 Å². The molecule has 0 saturated carbocycles. The first-order valence-electron chi connectivity index (χ1n) is 11.7. The summed E-state index contributed by atoms with van der Waals surface area (Å²) in [5, 5.41) is 12.3. The molecule has 1 aliphatic heterocycles. The summed E-state index contributed by atoms with van der Waals surface area (Å²) in [6, 6.07) is 16.4. The Morgan fingerprint density at radius 2 is 1.62 bits per heavy atom. The zero-order chi connectivity index (χ0) is 24.7. The predicted molar refractivity (Wildman–Crippen MR) is 128 cm³/mol. The van der Waals surface area contributed by atoms with E-state index in [1.807, 2.05) is 50.2 Å². The Kier molecular flexibility index (Phi) is 8.57. The number of carbonyl (C=O) groups is 4. The van der Waals surface area contributed by atoms with E-state index >= 15 is 0 Å². The van der Waals surface area contributed by atoms with Crippen LogP contribution in [0.4, 0.5) is 0 Å². The number of amides is 2. The first kappa shape index (κ1) is 25.1. The number of ketones is 1. The molecule has 1 aliphatic rings. The molecule has 0 spiro atoms. The van der Waals surface area contributed by atoms with Crippen molar-refractivity contribution in [3.05, 3.63) is 71.8 Å². The first-order chi connectivity index (χ1) is 16.3. The minimum absolute atomic E-state index is 0.0636. The normalized spacial score (nSPS) is 17.3. The van der Waals surface area contributed by atoms with Crippen molar-refractivity contribution in [2.75, 3.05) is 6.54 Å². The van der Waals surface area contributed by atoms with Gasteiger partial charge in [0.2, 0.25) is 5.91 Å². The number of aliphatic carboxylic acids is 1. The lowest BCUT2D eigenvalue weighted by molar-refractivity contribution is -0.151. The molecule has 0 bridgehead atoms. The number of nitrogens with zero attached hydrogens (tertiary/aromatic N) is 1. The van der Waals surface area contributed by atoms with Crippen LogP contribution in [0.2, 0.25) is 0 Å². The molecule has 0 aromatic heterocycles. The number of Topliss-reactive ketones (excluding diaryl/α,β-unsaturated/α-hetero) is 1. The highest BCUT2D eigenvalue weighted by atomic mass is 16.4.